The highest BCUT2D eigenvalue weighted by Gasteiger charge is 2.09. The number of hydrogen-bond donors (Lipinski definition) is 1. The first-order valence-corrected chi connectivity index (χ1v) is 5.85. The fourth-order valence-corrected chi connectivity index (χ4v) is 2.15. The Morgan fingerprint density at radius 2 is 1.94 bits per heavy atom. The summed E-state index contributed by atoms with van der Waals surface area (Å²) in [6, 6.07) is 6.25. The highest BCUT2D eigenvalue weighted by atomic mass is 14.7. The lowest BCUT2D eigenvalue weighted by atomic mass is 10.0. The molecule has 2 nitrogen and oxygen atoms in total. The second kappa shape index (κ2) is 4.12. The normalized spacial score (nSPS) is 10.9. The van der Waals surface area contributed by atoms with E-state index in [1.165, 1.54) is 5.56 Å². The largest absolute Gasteiger partial charge is 0.398 e. The van der Waals surface area contributed by atoms with E-state index in [0.29, 0.717) is 0 Å². The quantitative estimate of drug-likeness (QED) is 0.833. The van der Waals surface area contributed by atoms with Crippen LogP contribution in [0, 0.1) is 6.92 Å². The van der Waals surface area contributed by atoms with E-state index in [1.807, 2.05) is 0 Å². The predicted molar refractivity (Wildman–Crippen MR) is 69.6 cm³/mol. The van der Waals surface area contributed by atoms with Gasteiger partial charge in [-0.15, -0.1) is 0 Å². The van der Waals surface area contributed by atoms with E-state index in [4.69, 9.17) is 10.7 Å². The highest BCUT2D eigenvalue weighted by molar-refractivity contribution is 5.94. The molecule has 16 heavy (non-hydrogen) atoms. The molecule has 0 unspecified atom stereocenters. The van der Waals surface area contributed by atoms with E-state index in [9.17, 15) is 0 Å². The van der Waals surface area contributed by atoms with Gasteiger partial charge in [-0.25, -0.2) is 0 Å². The van der Waals surface area contributed by atoms with Crippen molar-refractivity contribution in [3.8, 4) is 0 Å². The van der Waals surface area contributed by atoms with Crippen LogP contribution < -0.4 is 5.73 Å². The molecule has 84 valence electrons. The van der Waals surface area contributed by atoms with Crippen LogP contribution >= 0.6 is 0 Å². The van der Waals surface area contributed by atoms with E-state index in [1.54, 1.807) is 0 Å². The Labute approximate surface area is 96.5 Å². The van der Waals surface area contributed by atoms with Gasteiger partial charge in [0.2, 0.25) is 0 Å². The van der Waals surface area contributed by atoms with E-state index in [-0.39, 0.29) is 0 Å². The van der Waals surface area contributed by atoms with Crippen molar-refractivity contribution in [2.75, 3.05) is 5.73 Å². The van der Waals surface area contributed by atoms with Gasteiger partial charge in [-0.1, -0.05) is 32.0 Å². The van der Waals surface area contributed by atoms with Crippen molar-refractivity contribution in [3.05, 3.63) is 35.0 Å². The van der Waals surface area contributed by atoms with Crippen molar-refractivity contribution in [2.24, 2.45) is 0 Å². The van der Waals surface area contributed by atoms with Crippen molar-refractivity contribution >= 4 is 16.6 Å². The van der Waals surface area contributed by atoms with Crippen LogP contribution in [0.2, 0.25) is 0 Å². The van der Waals surface area contributed by atoms with Gasteiger partial charge in [0.05, 0.1) is 5.52 Å². The van der Waals surface area contributed by atoms with Crippen LogP contribution in [0.5, 0.6) is 0 Å². The Balaban J connectivity index is 2.86. The molecule has 0 spiro atoms. The van der Waals surface area contributed by atoms with Gasteiger partial charge in [-0.2, -0.15) is 0 Å². The summed E-state index contributed by atoms with van der Waals surface area (Å²) in [6.45, 7) is 6.33. The predicted octanol–water partition coefficient (Wildman–Crippen LogP) is 3.25. The van der Waals surface area contributed by atoms with E-state index >= 15 is 0 Å². The van der Waals surface area contributed by atoms with E-state index in [2.05, 4.69) is 39.0 Å². The van der Waals surface area contributed by atoms with Gasteiger partial charge < -0.3 is 5.73 Å². The Kier molecular flexibility index (Phi) is 2.82. The van der Waals surface area contributed by atoms with Crippen LogP contribution in [0.4, 0.5) is 5.69 Å². The molecular weight excluding hydrogens is 196 g/mol. The molecule has 1 heterocycles. The third-order valence-electron chi connectivity index (χ3n) is 3.21. The Morgan fingerprint density at radius 1 is 1.19 bits per heavy atom. The lowest BCUT2D eigenvalue weighted by molar-refractivity contribution is 1.02. The van der Waals surface area contributed by atoms with E-state index in [0.717, 1.165) is 40.7 Å². The smallest absolute Gasteiger partial charge is 0.0758 e. The molecule has 0 saturated heterocycles. The van der Waals surface area contributed by atoms with Crippen molar-refractivity contribution in [3.63, 3.8) is 0 Å². The van der Waals surface area contributed by atoms with Crippen LogP contribution in [-0.4, -0.2) is 4.98 Å². The number of hydrogen-bond acceptors (Lipinski definition) is 2. The number of rotatable bonds is 2. The average Bonchev–Trinajstić information content (AvgIpc) is 2.33. The van der Waals surface area contributed by atoms with Crippen molar-refractivity contribution in [1.29, 1.82) is 0 Å². The number of para-hydroxylation sites is 1. The highest BCUT2D eigenvalue weighted by Crippen LogP contribution is 2.27. The van der Waals surface area contributed by atoms with Crippen LogP contribution in [0.25, 0.3) is 10.9 Å². The monoisotopic (exact) mass is 214 g/mol. The molecule has 0 amide bonds. The number of aromatic nitrogens is 1. The first-order chi connectivity index (χ1) is 7.69. The Morgan fingerprint density at radius 3 is 2.56 bits per heavy atom. The number of nitrogens with zero attached hydrogens (tertiary/aromatic N) is 1. The standard InChI is InChI=1S/C14H18N2/c1-4-10-7-6-8-11-13(15)9(3)12(5-2)16-14(10)11/h6-8H,4-5H2,1-3H3,(H2,15,16). The molecule has 0 fully saturated rings. The molecule has 0 aliphatic heterocycles. The molecule has 1 aromatic heterocycles. The van der Waals surface area contributed by atoms with Crippen molar-refractivity contribution < 1.29 is 0 Å². The van der Waals surface area contributed by atoms with Gasteiger partial charge in [0, 0.05) is 16.8 Å². The molecule has 0 saturated carbocycles. The lowest BCUT2D eigenvalue weighted by Crippen LogP contribution is -2.01. The van der Waals surface area contributed by atoms with E-state index < -0.39 is 0 Å². The first-order valence-electron chi connectivity index (χ1n) is 5.85. The minimum absolute atomic E-state index is 0.886. The number of pyridine rings is 1. The molecule has 0 radical (unpaired) electrons. The maximum atomic E-state index is 6.18. The second-order valence-electron chi connectivity index (χ2n) is 4.12. The summed E-state index contributed by atoms with van der Waals surface area (Å²) in [5, 5.41) is 1.09. The molecule has 2 N–H and O–H groups in total. The van der Waals surface area contributed by atoms with Gasteiger partial charge >= 0.3 is 0 Å². The van der Waals surface area contributed by atoms with Crippen molar-refractivity contribution in [2.45, 2.75) is 33.6 Å². The molecule has 0 aliphatic carbocycles. The zero-order chi connectivity index (χ0) is 11.7. The average molecular weight is 214 g/mol. The number of anilines is 1. The summed E-state index contributed by atoms with van der Waals surface area (Å²) in [4.78, 5) is 4.74. The molecule has 0 aliphatic rings. The Hall–Kier alpha value is -1.57. The van der Waals surface area contributed by atoms with Gasteiger partial charge in [0.1, 0.15) is 0 Å². The van der Waals surface area contributed by atoms with Crippen LogP contribution in [0.15, 0.2) is 18.2 Å². The summed E-state index contributed by atoms with van der Waals surface area (Å²) < 4.78 is 0. The number of benzene rings is 1. The van der Waals surface area contributed by atoms with Crippen LogP contribution in [0.3, 0.4) is 0 Å². The summed E-state index contributed by atoms with van der Waals surface area (Å²) >= 11 is 0. The number of fused-ring (bicyclic) bond motifs is 1. The van der Waals surface area contributed by atoms with Gasteiger partial charge in [0.25, 0.3) is 0 Å². The third-order valence-corrected chi connectivity index (χ3v) is 3.21. The zero-order valence-corrected chi connectivity index (χ0v) is 10.2. The van der Waals surface area contributed by atoms with Crippen molar-refractivity contribution in [1.82, 2.24) is 4.98 Å². The number of nitrogens with two attached hydrogens (primary N) is 1. The Bertz CT molecular complexity index is 530. The lowest BCUT2D eigenvalue weighted by Gasteiger charge is -2.12. The third kappa shape index (κ3) is 1.54. The number of nitrogen functional groups attached to an aromatic ring is 1. The summed E-state index contributed by atoms with van der Waals surface area (Å²) in [5.74, 6) is 0. The summed E-state index contributed by atoms with van der Waals surface area (Å²) in [5.41, 5.74) is 11.7. The second-order valence-corrected chi connectivity index (χ2v) is 4.12. The summed E-state index contributed by atoms with van der Waals surface area (Å²) in [6.07, 6.45) is 1.93. The maximum Gasteiger partial charge on any atom is 0.0758 e. The fourth-order valence-electron chi connectivity index (χ4n) is 2.15. The fraction of sp³-hybridized carbons (Fsp3) is 0.357. The topological polar surface area (TPSA) is 38.9 Å². The van der Waals surface area contributed by atoms with Gasteiger partial charge in [-0.3, -0.25) is 4.98 Å². The molecular formula is C14H18N2. The molecule has 0 bridgehead atoms. The molecule has 1 aromatic carbocycles. The number of aryl methyl sites for hydroxylation is 2. The molecule has 0 atom stereocenters. The molecule has 2 aromatic rings. The van der Waals surface area contributed by atoms with Gasteiger partial charge in [-0.05, 0) is 30.9 Å². The molecule has 2 rings (SSSR count). The minimum Gasteiger partial charge on any atom is -0.398 e. The summed E-state index contributed by atoms with van der Waals surface area (Å²) in [7, 11) is 0. The molecule has 2 heteroatoms. The van der Waals surface area contributed by atoms with Crippen LogP contribution in [-0.2, 0) is 12.8 Å². The SMILES string of the molecule is CCc1nc2c(CC)cccc2c(N)c1C. The van der Waals surface area contributed by atoms with Crippen LogP contribution in [0.1, 0.15) is 30.7 Å². The first kappa shape index (κ1) is 10.9. The zero-order valence-electron chi connectivity index (χ0n) is 10.2. The maximum absolute atomic E-state index is 6.18. The van der Waals surface area contributed by atoms with Gasteiger partial charge in [0.15, 0.2) is 0 Å². The minimum atomic E-state index is 0.886.